The van der Waals surface area contributed by atoms with Crippen molar-refractivity contribution in [3.05, 3.63) is 22.4 Å². The Balaban J connectivity index is 1.76. The van der Waals surface area contributed by atoms with Crippen LogP contribution >= 0.6 is 23.1 Å². The second kappa shape index (κ2) is 5.67. The molecule has 2 atom stereocenters. The number of thiophene rings is 1. The quantitative estimate of drug-likeness (QED) is 0.738. The molecule has 1 amide bonds. The molecule has 0 radical (unpaired) electrons. The second-order valence-corrected chi connectivity index (χ2v) is 5.40. The molecule has 0 saturated carbocycles. The number of hydrogen-bond donors (Lipinski definition) is 3. The van der Waals surface area contributed by atoms with Crippen molar-refractivity contribution >= 4 is 29.0 Å². The Morgan fingerprint density at radius 1 is 1.75 bits per heavy atom. The van der Waals surface area contributed by atoms with Gasteiger partial charge in [-0.1, -0.05) is 0 Å². The Bertz CT molecular complexity index is 337. The average molecular weight is 258 g/mol. The third-order valence-corrected chi connectivity index (χ3v) is 4.07. The van der Waals surface area contributed by atoms with E-state index >= 15 is 0 Å². The first-order valence-corrected chi connectivity index (χ1v) is 7.16. The number of amides is 1. The van der Waals surface area contributed by atoms with E-state index in [9.17, 15) is 9.90 Å². The number of nitrogens with one attached hydrogen (secondary N) is 2. The van der Waals surface area contributed by atoms with Crippen LogP contribution < -0.4 is 10.6 Å². The molecular formula is C10H14N2O2S2. The molecule has 0 spiro atoms. The zero-order chi connectivity index (χ0) is 11.4. The van der Waals surface area contributed by atoms with Crippen LogP contribution in [-0.4, -0.2) is 35.2 Å². The molecule has 88 valence electrons. The first kappa shape index (κ1) is 11.9. The van der Waals surface area contributed by atoms with E-state index in [1.165, 1.54) is 11.3 Å². The maximum Gasteiger partial charge on any atom is 0.238 e. The first-order chi connectivity index (χ1) is 7.77. The normalized spacial score (nSPS) is 21.9. The van der Waals surface area contributed by atoms with Crippen molar-refractivity contribution in [1.82, 2.24) is 10.6 Å². The number of aliphatic hydroxyl groups is 1. The molecule has 6 heteroatoms. The SMILES string of the molecule is O=C(NCC(O)c1ccsc1)C1CSCN1. The lowest BCUT2D eigenvalue weighted by Gasteiger charge is -2.13. The summed E-state index contributed by atoms with van der Waals surface area (Å²) in [5.74, 6) is 1.60. The highest BCUT2D eigenvalue weighted by Crippen LogP contribution is 2.15. The second-order valence-electron chi connectivity index (χ2n) is 3.59. The van der Waals surface area contributed by atoms with Crippen molar-refractivity contribution in [1.29, 1.82) is 0 Å². The van der Waals surface area contributed by atoms with Crippen molar-refractivity contribution in [3.63, 3.8) is 0 Å². The highest BCUT2D eigenvalue weighted by Gasteiger charge is 2.22. The van der Waals surface area contributed by atoms with Crippen LogP contribution in [0.5, 0.6) is 0 Å². The van der Waals surface area contributed by atoms with Crippen LogP contribution in [0, 0.1) is 0 Å². The zero-order valence-electron chi connectivity index (χ0n) is 8.68. The minimum absolute atomic E-state index is 0.0284. The fourth-order valence-electron chi connectivity index (χ4n) is 1.47. The van der Waals surface area contributed by atoms with Gasteiger partial charge in [-0.15, -0.1) is 11.8 Å². The molecular weight excluding hydrogens is 244 g/mol. The van der Waals surface area contributed by atoms with Crippen molar-refractivity contribution < 1.29 is 9.90 Å². The molecule has 0 aromatic carbocycles. The molecule has 1 fully saturated rings. The van der Waals surface area contributed by atoms with Crippen LogP contribution in [0.15, 0.2) is 16.8 Å². The minimum Gasteiger partial charge on any atom is -0.387 e. The van der Waals surface area contributed by atoms with E-state index in [-0.39, 0.29) is 18.5 Å². The summed E-state index contributed by atoms with van der Waals surface area (Å²) < 4.78 is 0. The van der Waals surface area contributed by atoms with Crippen molar-refractivity contribution in [2.24, 2.45) is 0 Å². The predicted octanol–water partition coefficient (Wildman–Crippen LogP) is 0.560. The van der Waals surface area contributed by atoms with Gasteiger partial charge in [-0.3, -0.25) is 10.1 Å². The largest absolute Gasteiger partial charge is 0.387 e. The molecule has 2 heterocycles. The van der Waals surface area contributed by atoms with Gasteiger partial charge in [0, 0.05) is 18.2 Å². The van der Waals surface area contributed by atoms with Gasteiger partial charge in [0.05, 0.1) is 12.1 Å². The Morgan fingerprint density at radius 3 is 3.25 bits per heavy atom. The van der Waals surface area contributed by atoms with Gasteiger partial charge in [-0.05, 0) is 22.4 Å². The summed E-state index contributed by atoms with van der Waals surface area (Å²) in [5, 5.41) is 19.4. The van der Waals surface area contributed by atoms with Crippen LogP contribution in [0.25, 0.3) is 0 Å². The van der Waals surface area contributed by atoms with E-state index in [2.05, 4.69) is 10.6 Å². The molecule has 1 aliphatic rings. The van der Waals surface area contributed by atoms with Crippen LogP contribution in [0.1, 0.15) is 11.7 Å². The lowest BCUT2D eigenvalue weighted by molar-refractivity contribution is -0.122. The van der Waals surface area contributed by atoms with E-state index in [1.807, 2.05) is 16.8 Å². The lowest BCUT2D eigenvalue weighted by atomic mass is 10.2. The monoisotopic (exact) mass is 258 g/mol. The zero-order valence-corrected chi connectivity index (χ0v) is 10.3. The molecule has 1 aliphatic heterocycles. The fraction of sp³-hybridized carbons (Fsp3) is 0.500. The standard InChI is InChI=1S/C10H14N2O2S2/c13-9(7-1-2-15-4-7)3-11-10(14)8-5-16-6-12-8/h1-2,4,8-9,12-13H,3,5-6H2,(H,11,14). The molecule has 2 rings (SSSR count). The van der Waals surface area contributed by atoms with E-state index in [0.29, 0.717) is 0 Å². The summed E-state index contributed by atoms with van der Waals surface area (Å²) in [6.45, 7) is 0.276. The number of thioether (sulfide) groups is 1. The van der Waals surface area contributed by atoms with Gasteiger partial charge in [-0.25, -0.2) is 0 Å². The molecule has 16 heavy (non-hydrogen) atoms. The summed E-state index contributed by atoms with van der Waals surface area (Å²) in [6, 6.07) is 1.75. The van der Waals surface area contributed by atoms with Gasteiger partial charge in [0.2, 0.25) is 5.91 Å². The summed E-state index contributed by atoms with van der Waals surface area (Å²) in [7, 11) is 0. The fourth-order valence-corrected chi connectivity index (χ4v) is 3.12. The van der Waals surface area contributed by atoms with E-state index in [0.717, 1.165) is 17.2 Å². The van der Waals surface area contributed by atoms with Crippen LogP contribution in [0.4, 0.5) is 0 Å². The van der Waals surface area contributed by atoms with Gasteiger partial charge in [-0.2, -0.15) is 11.3 Å². The first-order valence-electron chi connectivity index (χ1n) is 5.06. The highest BCUT2D eigenvalue weighted by atomic mass is 32.2. The molecule has 1 saturated heterocycles. The van der Waals surface area contributed by atoms with Gasteiger partial charge in [0.25, 0.3) is 0 Å². The number of carbonyl (C=O) groups excluding carboxylic acids is 1. The van der Waals surface area contributed by atoms with Crippen LogP contribution in [-0.2, 0) is 4.79 Å². The van der Waals surface area contributed by atoms with Gasteiger partial charge in [0.15, 0.2) is 0 Å². The lowest BCUT2D eigenvalue weighted by Crippen LogP contribution is -2.43. The molecule has 4 nitrogen and oxygen atoms in total. The van der Waals surface area contributed by atoms with Crippen LogP contribution in [0.3, 0.4) is 0 Å². The maximum absolute atomic E-state index is 11.6. The molecule has 2 unspecified atom stereocenters. The summed E-state index contributed by atoms with van der Waals surface area (Å²) in [6.07, 6.45) is -0.607. The summed E-state index contributed by atoms with van der Waals surface area (Å²) in [5.41, 5.74) is 0.860. The smallest absolute Gasteiger partial charge is 0.238 e. The Hall–Kier alpha value is -0.560. The third kappa shape index (κ3) is 2.98. The van der Waals surface area contributed by atoms with E-state index in [1.54, 1.807) is 11.8 Å². The Kier molecular flexibility index (Phi) is 4.22. The highest BCUT2D eigenvalue weighted by molar-refractivity contribution is 7.99. The van der Waals surface area contributed by atoms with Crippen molar-refractivity contribution in [2.75, 3.05) is 18.2 Å². The molecule has 1 aromatic rings. The van der Waals surface area contributed by atoms with E-state index < -0.39 is 6.10 Å². The van der Waals surface area contributed by atoms with Gasteiger partial charge in [0.1, 0.15) is 0 Å². The third-order valence-electron chi connectivity index (χ3n) is 2.43. The molecule has 0 aliphatic carbocycles. The summed E-state index contributed by atoms with van der Waals surface area (Å²) >= 11 is 3.25. The predicted molar refractivity (Wildman–Crippen MR) is 66.5 cm³/mol. The van der Waals surface area contributed by atoms with Crippen LogP contribution in [0.2, 0.25) is 0 Å². The number of carbonyl (C=O) groups is 1. The van der Waals surface area contributed by atoms with Gasteiger partial charge >= 0.3 is 0 Å². The average Bonchev–Trinajstić information content (AvgIpc) is 2.95. The number of rotatable bonds is 4. The molecule has 0 bridgehead atoms. The van der Waals surface area contributed by atoms with Gasteiger partial charge < -0.3 is 10.4 Å². The number of hydrogen-bond acceptors (Lipinski definition) is 5. The topological polar surface area (TPSA) is 61.4 Å². The maximum atomic E-state index is 11.6. The molecule has 1 aromatic heterocycles. The van der Waals surface area contributed by atoms with E-state index in [4.69, 9.17) is 0 Å². The Labute approximate surface area is 102 Å². The van der Waals surface area contributed by atoms with Crippen molar-refractivity contribution in [2.45, 2.75) is 12.1 Å². The minimum atomic E-state index is -0.607. The van der Waals surface area contributed by atoms with Crippen molar-refractivity contribution in [3.8, 4) is 0 Å². The number of aliphatic hydroxyl groups excluding tert-OH is 1. The molecule has 3 N–H and O–H groups in total. The Morgan fingerprint density at radius 2 is 2.62 bits per heavy atom. The summed E-state index contributed by atoms with van der Waals surface area (Å²) in [4.78, 5) is 11.6.